The fourth-order valence-electron chi connectivity index (χ4n) is 2.07. The SMILES string of the molecule is CCC(C)n1ccc(CNCC2CCCS2)n1. The van der Waals surface area contributed by atoms with Gasteiger partial charge in [0.15, 0.2) is 0 Å². The highest BCUT2D eigenvalue weighted by Crippen LogP contribution is 2.25. The van der Waals surface area contributed by atoms with Gasteiger partial charge in [-0.1, -0.05) is 6.92 Å². The third kappa shape index (κ3) is 3.75. The molecule has 4 heteroatoms. The normalized spacial score (nSPS) is 21.9. The largest absolute Gasteiger partial charge is 0.310 e. The molecular formula is C13H23N3S. The van der Waals surface area contributed by atoms with E-state index in [2.05, 4.69) is 53.0 Å². The van der Waals surface area contributed by atoms with Crippen molar-refractivity contribution < 1.29 is 0 Å². The van der Waals surface area contributed by atoms with Crippen LogP contribution < -0.4 is 5.32 Å². The molecule has 1 aromatic heterocycles. The fraction of sp³-hybridized carbons (Fsp3) is 0.769. The molecule has 0 aromatic carbocycles. The van der Waals surface area contributed by atoms with E-state index in [1.807, 2.05) is 0 Å². The first-order valence-corrected chi connectivity index (χ1v) is 7.71. The molecule has 0 bridgehead atoms. The van der Waals surface area contributed by atoms with Crippen LogP contribution in [0.4, 0.5) is 0 Å². The highest BCUT2D eigenvalue weighted by atomic mass is 32.2. The Balaban J connectivity index is 1.73. The summed E-state index contributed by atoms with van der Waals surface area (Å²) in [5.41, 5.74) is 1.16. The van der Waals surface area contributed by atoms with E-state index in [4.69, 9.17) is 0 Å². The van der Waals surface area contributed by atoms with E-state index < -0.39 is 0 Å². The van der Waals surface area contributed by atoms with Crippen molar-refractivity contribution in [2.45, 2.75) is 50.9 Å². The van der Waals surface area contributed by atoms with Gasteiger partial charge in [-0.25, -0.2) is 0 Å². The summed E-state index contributed by atoms with van der Waals surface area (Å²) in [5, 5.41) is 8.94. The van der Waals surface area contributed by atoms with Crippen molar-refractivity contribution in [3.63, 3.8) is 0 Å². The maximum Gasteiger partial charge on any atom is 0.0762 e. The van der Waals surface area contributed by atoms with E-state index in [1.54, 1.807) is 0 Å². The van der Waals surface area contributed by atoms with E-state index in [0.717, 1.165) is 30.5 Å². The number of rotatable bonds is 6. The molecular weight excluding hydrogens is 230 g/mol. The van der Waals surface area contributed by atoms with Crippen LogP contribution in [0.1, 0.15) is 44.8 Å². The van der Waals surface area contributed by atoms with Crippen molar-refractivity contribution >= 4 is 11.8 Å². The molecule has 2 rings (SSSR count). The monoisotopic (exact) mass is 253 g/mol. The van der Waals surface area contributed by atoms with Crippen LogP contribution in [0.3, 0.4) is 0 Å². The van der Waals surface area contributed by atoms with Crippen molar-refractivity contribution in [1.82, 2.24) is 15.1 Å². The first-order valence-electron chi connectivity index (χ1n) is 6.66. The smallest absolute Gasteiger partial charge is 0.0762 e. The Bertz CT molecular complexity index is 331. The second-order valence-corrected chi connectivity index (χ2v) is 6.22. The molecule has 2 heterocycles. The average Bonchev–Trinajstić information content (AvgIpc) is 2.99. The van der Waals surface area contributed by atoms with Crippen LogP contribution in [-0.4, -0.2) is 27.3 Å². The molecule has 1 saturated heterocycles. The molecule has 0 radical (unpaired) electrons. The van der Waals surface area contributed by atoms with E-state index in [1.165, 1.54) is 18.6 Å². The summed E-state index contributed by atoms with van der Waals surface area (Å²) < 4.78 is 2.07. The van der Waals surface area contributed by atoms with E-state index in [-0.39, 0.29) is 0 Å². The summed E-state index contributed by atoms with van der Waals surface area (Å²) in [7, 11) is 0. The van der Waals surface area contributed by atoms with Crippen LogP contribution in [-0.2, 0) is 6.54 Å². The topological polar surface area (TPSA) is 29.9 Å². The minimum Gasteiger partial charge on any atom is -0.310 e. The second kappa shape index (κ2) is 6.45. The number of hydrogen-bond donors (Lipinski definition) is 1. The Labute approximate surface area is 108 Å². The van der Waals surface area contributed by atoms with Gasteiger partial charge < -0.3 is 5.32 Å². The third-order valence-electron chi connectivity index (χ3n) is 3.41. The zero-order valence-corrected chi connectivity index (χ0v) is 11.7. The molecule has 0 amide bonds. The van der Waals surface area contributed by atoms with Gasteiger partial charge in [-0.3, -0.25) is 4.68 Å². The van der Waals surface area contributed by atoms with Crippen LogP contribution in [0.15, 0.2) is 12.3 Å². The molecule has 1 N–H and O–H groups in total. The lowest BCUT2D eigenvalue weighted by molar-refractivity contribution is 0.471. The molecule has 1 fully saturated rings. The quantitative estimate of drug-likeness (QED) is 0.845. The van der Waals surface area contributed by atoms with E-state index in [9.17, 15) is 0 Å². The summed E-state index contributed by atoms with van der Waals surface area (Å²) in [6.45, 7) is 6.43. The molecule has 1 aromatic rings. The lowest BCUT2D eigenvalue weighted by Crippen LogP contribution is -2.23. The molecule has 0 saturated carbocycles. The van der Waals surface area contributed by atoms with Crippen molar-refractivity contribution in [2.24, 2.45) is 0 Å². The zero-order valence-electron chi connectivity index (χ0n) is 10.9. The van der Waals surface area contributed by atoms with Crippen molar-refractivity contribution in [3.8, 4) is 0 Å². The highest BCUT2D eigenvalue weighted by molar-refractivity contribution is 8.00. The summed E-state index contributed by atoms with van der Waals surface area (Å²) in [6.07, 6.45) is 5.99. The van der Waals surface area contributed by atoms with Gasteiger partial charge >= 0.3 is 0 Å². The lowest BCUT2D eigenvalue weighted by atomic mass is 10.2. The van der Waals surface area contributed by atoms with Gasteiger partial charge in [-0.15, -0.1) is 0 Å². The summed E-state index contributed by atoms with van der Waals surface area (Å²) in [6, 6.07) is 2.63. The summed E-state index contributed by atoms with van der Waals surface area (Å²) in [4.78, 5) is 0. The molecule has 2 unspecified atom stereocenters. The lowest BCUT2D eigenvalue weighted by Gasteiger charge is -2.10. The Morgan fingerprint density at radius 2 is 2.53 bits per heavy atom. The number of thioether (sulfide) groups is 1. The maximum atomic E-state index is 4.59. The molecule has 0 spiro atoms. The first kappa shape index (κ1) is 13.0. The molecule has 2 atom stereocenters. The minimum absolute atomic E-state index is 0.508. The zero-order chi connectivity index (χ0) is 12.1. The van der Waals surface area contributed by atoms with Crippen LogP contribution >= 0.6 is 11.8 Å². The van der Waals surface area contributed by atoms with Crippen molar-refractivity contribution in [1.29, 1.82) is 0 Å². The van der Waals surface area contributed by atoms with Gasteiger partial charge in [0, 0.05) is 30.6 Å². The summed E-state index contributed by atoms with van der Waals surface area (Å²) in [5.74, 6) is 1.34. The predicted octanol–water partition coefficient (Wildman–Crippen LogP) is 2.84. The predicted molar refractivity (Wildman–Crippen MR) is 74.4 cm³/mol. The number of hydrogen-bond acceptors (Lipinski definition) is 3. The van der Waals surface area contributed by atoms with Gasteiger partial charge in [0.05, 0.1) is 5.69 Å². The fourth-order valence-corrected chi connectivity index (χ4v) is 3.31. The molecule has 3 nitrogen and oxygen atoms in total. The third-order valence-corrected chi connectivity index (χ3v) is 4.81. The van der Waals surface area contributed by atoms with Gasteiger partial charge in [0.2, 0.25) is 0 Å². The molecule has 0 aliphatic carbocycles. The molecule has 1 aliphatic heterocycles. The Hall–Kier alpha value is -0.480. The Morgan fingerprint density at radius 3 is 3.24 bits per heavy atom. The molecule has 96 valence electrons. The van der Waals surface area contributed by atoms with Crippen LogP contribution in [0.2, 0.25) is 0 Å². The van der Waals surface area contributed by atoms with Gasteiger partial charge in [0.1, 0.15) is 0 Å². The Morgan fingerprint density at radius 1 is 1.65 bits per heavy atom. The minimum atomic E-state index is 0.508. The number of aromatic nitrogens is 2. The average molecular weight is 253 g/mol. The van der Waals surface area contributed by atoms with Crippen LogP contribution in [0.25, 0.3) is 0 Å². The van der Waals surface area contributed by atoms with Crippen LogP contribution in [0.5, 0.6) is 0 Å². The first-order chi connectivity index (χ1) is 8.29. The van der Waals surface area contributed by atoms with E-state index >= 15 is 0 Å². The van der Waals surface area contributed by atoms with Crippen molar-refractivity contribution in [2.75, 3.05) is 12.3 Å². The van der Waals surface area contributed by atoms with Gasteiger partial charge in [-0.2, -0.15) is 16.9 Å². The molecule has 17 heavy (non-hydrogen) atoms. The highest BCUT2D eigenvalue weighted by Gasteiger charge is 2.14. The Kier molecular flexibility index (Phi) is 4.92. The van der Waals surface area contributed by atoms with E-state index in [0.29, 0.717) is 6.04 Å². The van der Waals surface area contributed by atoms with Crippen LogP contribution in [0, 0.1) is 0 Å². The number of nitrogens with zero attached hydrogens (tertiary/aromatic N) is 2. The standard InChI is InChI=1S/C13H23N3S/c1-3-11(2)16-7-6-12(15-16)9-14-10-13-5-4-8-17-13/h6-7,11,13-14H,3-5,8-10H2,1-2H3. The van der Waals surface area contributed by atoms with Gasteiger partial charge in [-0.05, 0) is 38.0 Å². The van der Waals surface area contributed by atoms with Gasteiger partial charge in [0.25, 0.3) is 0 Å². The second-order valence-electron chi connectivity index (χ2n) is 4.81. The maximum absolute atomic E-state index is 4.59. The molecule has 1 aliphatic rings. The number of nitrogens with one attached hydrogen (secondary N) is 1. The summed E-state index contributed by atoms with van der Waals surface area (Å²) >= 11 is 2.10. The van der Waals surface area contributed by atoms with Crippen molar-refractivity contribution in [3.05, 3.63) is 18.0 Å².